The number of rotatable bonds is 6. The fourth-order valence-electron chi connectivity index (χ4n) is 2.51. The summed E-state index contributed by atoms with van der Waals surface area (Å²) >= 11 is 1.84. The molecular weight excluding hydrogens is 262 g/mol. The van der Waals surface area contributed by atoms with E-state index in [4.69, 9.17) is 15.0 Å². The minimum Gasteiger partial charge on any atom is -0.367 e. The van der Waals surface area contributed by atoms with Crippen LogP contribution in [-0.2, 0) is 10.3 Å². The van der Waals surface area contributed by atoms with Crippen molar-refractivity contribution in [3.05, 3.63) is 11.7 Å². The van der Waals surface area contributed by atoms with Crippen molar-refractivity contribution in [2.75, 3.05) is 18.1 Å². The first-order chi connectivity index (χ1) is 9.16. The molecule has 1 aromatic rings. The van der Waals surface area contributed by atoms with E-state index in [1.807, 2.05) is 18.7 Å². The smallest absolute Gasteiger partial charge is 0.232 e. The SMILES string of the molecule is CCOC(CC)(CC)c1noc(C2CSCC2N)n1. The Kier molecular flexibility index (Phi) is 4.86. The highest BCUT2D eigenvalue weighted by atomic mass is 32.2. The summed E-state index contributed by atoms with van der Waals surface area (Å²) in [5.74, 6) is 3.43. The summed E-state index contributed by atoms with van der Waals surface area (Å²) in [4.78, 5) is 4.58. The van der Waals surface area contributed by atoms with E-state index in [9.17, 15) is 0 Å². The van der Waals surface area contributed by atoms with Gasteiger partial charge in [0.15, 0.2) is 0 Å². The monoisotopic (exact) mass is 285 g/mol. The topological polar surface area (TPSA) is 74.2 Å². The van der Waals surface area contributed by atoms with Gasteiger partial charge in [0.05, 0.1) is 5.92 Å². The highest BCUT2D eigenvalue weighted by molar-refractivity contribution is 7.99. The lowest BCUT2D eigenvalue weighted by Gasteiger charge is -2.27. The molecule has 1 aromatic heterocycles. The lowest BCUT2D eigenvalue weighted by Crippen LogP contribution is -2.30. The Hall–Kier alpha value is -0.590. The van der Waals surface area contributed by atoms with Gasteiger partial charge < -0.3 is 15.0 Å². The Balaban J connectivity index is 2.23. The average molecular weight is 285 g/mol. The summed E-state index contributed by atoms with van der Waals surface area (Å²) in [6, 6.07) is 0.114. The molecule has 1 aliphatic rings. The van der Waals surface area contributed by atoms with E-state index >= 15 is 0 Å². The predicted molar refractivity (Wildman–Crippen MR) is 76.2 cm³/mol. The Morgan fingerprint density at radius 1 is 1.37 bits per heavy atom. The molecule has 108 valence electrons. The highest BCUT2D eigenvalue weighted by Gasteiger charge is 2.37. The third kappa shape index (κ3) is 2.80. The van der Waals surface area contributed by atoms with Gasteiger partial charge >= 0.3 is 0 Å². The zero-order valence-corrected chi connectivity index (χ0v) is 12.7. The summed E-state index contributed by atoms with van der Waals surface area (Å²) in [6.07, 6.45) is 1.67. The van der Waals surface area contributed by atoms with Gasteiger partial charge in [-0.15, -0.1) is 0 Å². The van der Waals surface area contributed by atoms with Gasteiger partial charge in [0.1, 0.15) is 5.60 Å². The van der Waals surface area contributed by atoms with Crippen molar-refractivity contribution in [2.24, 2.45) is 5.73 Å². The standard InChI is InChI=1S/C13H23N3O2S/c1-4-13(5-2,17-6-3)12-15-11(18-16-12)9-7-19-8-10(9)14/h9-10H,4-8,14H2,1-3H3. The van der Waals surface area contributed by atoms with E-state index in [-0.39, 0.29) is 12.0 Å². The van der Waals surface area contributed by atoms with Gasteiger partial charge in [-0.1, -0.05) is 19.0 Å². The fraction of sp³-hybridized carbons (Fsp3) is 0.846. The zero-order valence-electron chi connectivity index (χ0n) is 11.9. The third-order valence-corrected chi connectivity index (χ3v) is 5.07. The Morgan fingerprint density at radius 3 is 2.63 bits per heavy atom. The fourth-order valence-corrected chi connectivity index (χ4v) is 3.79. The molecule has 0 aromatic carbocycles. The zero-order chi connectivity index (χ0) is 13.9. The largest absolute Gasteiger partial charge is 0.367 e. The molecule has 19 heavy (non-hydrogen) atoms. The Labute approximate surface area is 118 Å². The number of hydrogen-bond donors (Lipinski definition) is 1. The number of nitrogens with two attached hydrogens (primary N) is 1. The van der Waals surface area contributed by atoms with Crippen LogP contribution in [0.4, 0.5) is 0 Å². The molecule has 0 aliphatic carbocycles. The molecule has 2 rings (SSSR count). The second-order valence-corrected chi connectivity index (χ2v) is 5.97. The summed E-state index contributed by atoms with van der Waals surface area (Å²) < 4.78 is 11.3. The second-order valence-electron chi connectivity index (χ2n) is 4.90. The molecule has 2 atom stereocenters. The quantitative estimate of drug-likeness (QED) is 0.864. The van der Waals surface area contributed by atoms with Gasteiger partial charge in [-0.05, 0) is 19.8 Å². The summed E-state index contributed by atoms with van der Waals surface area (Å²) in [5.41, 5.74) is 5.65. The number of hydrogen-bond acceptors (Lipinski definition) is 6. The molecule has 0 spiro atoms. The van der Waals surface area contributed by atoms with Crippen molar-refractivity contribution in [2.45, 2.75) is 51.2 Å². The lowest BCUT2D eigenvalue weighted by atomic mass is 9.96. The minimum absolute atomic E-state index is 0.114. The van der Waals surface area contributed by atoms with E-state index in [0.717, 1.165) is 24.3 Å². The molecule has 0 radical (unpaired) electrons. The van der Waals surface area contributed by atoms with Crippen molar-refractivity contribution >= 4 is 11.8 Å². The van der Waals surface area contributed by atoms with E-state index in [2.05, 4.69) is 24.0 Å². The molecule has 6 heteroatoms. The maximum atomic E-state index is 6.07. The van der Waals surface area contributed by atoms with Crippen LogP contribution in [0, 0.1) is 0 Å². The van der Waals surface area contributed by atoms with Gasteiger partial charge in [-0.3, -0.25) is 0 Å². The average Bonchev–Trinajstić information content (AvgIpc) is 3.04. The molecule has 0 bridgehead atoms. The first kappa shape index (κ1) is 14.8. The molecule has 2 unspecified atom stereocenters. The highest BCUT2D eigenvalue weighted by Crippen LogP contribution is 2.34. The molecule has 1 fully saturated rings. The van der Waals surface area contributed by atoms with Crippen molar-refractivity contribution in [3.63, 3.8) is 0 Å². The van der Waals surface area contributed by atoms with Crippen molar-refractivity contribution < 1.29 is 9.26 Å². The van der Waals surface area contributed by atoms with Crippen LogP contribution in [0.3, 0.4) is 0 Å². The molecule has 1 aliphatic heterocycles. The van der Waals surface area contributed by atoms with E-state index < -0.39 is 5.60 Å². The summed E-state index contributed by atoms with van der Waals surface area (Å²) in [5, 5.41) is 4.15. The number of aromatic nitrogens is 2. The van der Waals surface area contributed by atoms with Crippen LogP contribution in [-0.4, -0.2) is 34.3 Å². The summed E-state index contributed by atoms with van der Waals surface area (Å²) in [6.45, 7) is 6.81. The number of thioether (sulfide) groups is 1. The molecular formula is C13H23N3O2S. The van der Waals surface area contributed by atoms with Crippen LogP contribution in [0.2, 0.25) is 0 Å². The third-order valence-electron chi connectivity index (χ3n) is 3.85. The lowest BCUT2D eigenvalue weighted by molar-refractivity contribution is -0.0583. The van der Waals surface area contributed by atoms with Gasteiger partial charge in [-0.25, -0.2) is 0 Å². The van der Waals surface area contributed by atoms with Gasteiger partial charge in [0, 0.05) is 24.2 Å². The van der Waals surface area contributed by atoms with Crippen molar-refractivity contribution in [1.82, 2.24) is 10.1 Å². The first-order valence-electron chi connectivity index (χ1n) is 6.98. The Morgan fingerprint density at radius 2 is 2.11 bits per heavy atom. The van der Waals surface area contributed by atoms with Crippen LogP contribution in [0.5, 0.6) is 0 Å². The van der Waals surface area contributed by atoms with Gasteiger partial charge in [0.25, 0.3) is 0 Å². The van der Waals surface area contributed by atoms with Crippen LogP contribution in [0.25, 0.3) is 0 Å². The molecule has 1 saturated heterocycles. The first-order valence-corrected chi connectivity index (χ1v) is 8.13. The van der Waals surface area contributed by atoms with Crippen LogP contribution in [0.1, 0.15) is 51.2 Å². The Bertz CT molecular complexity index is 406. The predicted octanol–water partition coefficient (Wildman–Crippen LogP) is 2.28. The minimum atomic E-state index is -0.424. The molecule has 2 N–H and O–H groups in total. The van der Waals surface area contributed by atoms with E-state index in [0.29, 0.717) is 18.3 Å². The molecule has 5 nitrogen and oxygen atoms in total. The molecule has 2 heterocycles. The van der Waals surface area contributed by atoms with Crippen LogP contribution >= 0.6 is 11.8 Å². The summed E-state index contributed by atoms with van der Waals surface area (Å²) in [7, 11) is 0. The van der Waals surface area contributed by atoms with Gasteiger partial charge in [0.2, 0.25) is 11.7 Å². The normalized spacial score (nSPS) is 24.0. The second kappa shape index (κ2) is 6.24. The van der Waals surface area contributed by atoms with Crippen LogP contribution < -0.4 is 5.73 Å². The molecule has 0 saturated carbocycles. The van der Waals surface area contributed by atoms with Crippen LogP contribution in [0.15, 0.2) is 4.52 Å². The van der Waals surface area contributed by atoms with Crippen molar-refractivity contribution in [1.29, 1.82) is 0 Å². The maximum absolute atomic E-state index is 6.07. The molecule has 0 amide bonds. The van der Waals surface area contributed by atoms with E-state index in [1.165, 1.54) is 0 Å². The van der Waals surface area contributed by atoms with Crippen molar-refractivity contribution in [3.8, 4) is 0 Å². The maximum Gasteiger partial charge on any atom is 0.232 e. The van der Waals surface area contributed by atoms with E-state index in [1.54, 1.807) is 0 Å². The number of ether oxygens (including phenoxy) is 1. The number of nitrogens with zero attached hydrogens (tertiary/aromatic N) is 2. The van der Waals surface area contributed by atoms with Gasteiger partial charge in [-0.2, -0.15) is 16.7 Å².